The van der Waals surface area contributed by atoms with Gasteiger partial charge >= 0.3 is 0 Å². The van der Waals surface area contributed by atoms with Gasteiger partial charge in [0.2, 0.25) is 0 Å². The van der Waals surface area contributed by atoms with E-state index in [4.69, 9.17) is 0 Å². The van der Waals surface area contributed by atoms with Crippen molar-refractivity contribution in [2.24, 2.45) is 0 Å². The summed E-state index contributed by atoms with van der Waals surface area (Å²) in [6.45, 7) is 2.64. The summed E-state index contributed by atoms with van der Waals surface area (Å²) in [6.07, 6.45) is 1.76. The van der Waals surface area contributed by atoms with E-state index in [0.29, 0.717) is 0 Å². The molecule has 0 unspecified atom stereocenters. The number of nitrogens with one attached hydrogen (secondary N) is 1. The molecule has 0 spiro atoms. The van der Waals surface area contributed by atoms with Crippen molar-refractivity contribution in [3.63, 3.8) is 0 Å². The zero-order valence-electron chi connectivity index (χ0n) is 10.9. The van der Waals surface area contributed by atoms with Gasteiger partial charge in [-0.2, -0.15) is 5.10 Å². The third-order valence-electron chi connectivity index (χ3n) is 2.85. The minimum absolute atomic E-state index is 0.0321. The number of aromatic amines is 1. The smallest absolute Gasteiger partial charge is 0.0929 e. The average molecular weight is 246 g/mol. The first-order chi connectivity index (χ1) is 8.63. The Kier molecular flexibility index (Phi) is 3.74. The second kappa shape index (κ2) is 5.29. The van der Waals surface area contributed by atoms with Gasteiger partial charge in [-0.3, -0.25) is 10.1 Å². The first-order valence-corrected chi connectivity index (χ1v) is 5.87. The lowest BCUT2D eigenvalue weighted by atomic mass is 10.1. The minimum Gasteiger partial charge on any atom is -0.392 e. The van der Waals surface area contributed by atoms with Crippen LogP contribution in [0.15, 0.2) is 18.3 Å². The molecular weight excluding hydrogens is 228 g/mol. The van der Waals surface area contributed by atoms with E-state index in [1.807, 2.05) is 33.2 Å². The number of hydrogen-bond acceptors (Lipinski definition) is 4. The second-order valence-corrected chi connectivity index (χ2v) is 4.57. The molecule has 2 heterocycles. The molecule has 0 saturated carbocycles. The Morgan fingerprint density at radius 1 is 1.39 bits per heavy atom. The van der Waals surface area contributed by atoms with Crippen molar-refractivity contribution in [2.45, 2.75) is 20.1 Å². The first-order valence-electron chi connectivity index (χ1n) is 5.87. The lowest BCUT2D eigenvalue weighted by Crippen LogP contribution is -2.12. The molecule has 2 aromatic heterocycles. The number of hydrogen-bond donors (Lipinski definition) is 2. The molecule has 0 fully saturated rings. The first kappa shape index (κ1) is 12.7. The Morgan fingerprint density at radius 2 is 2.17 bits per heavy atom. The van der Waals surface area contributed by atoms with Crippen molar-refractivity contribution in [1.82, 2.24) is 20.1 Å². The molecular formula is C13H18N4O. The van der Waals surface area contributed by atoms with Gasteiger partial charge in [-0.1, -0.05) is 6.07 Å². The number of rotatable bonds is 4. The van der Waals surface area contributed by atoms with Gasteiger partial charge in [0.15, 0.2) is 0 Å². The fraction of sp³-hybridized carbons (Fsp3) is 0.385. The van der Waals surface area contributed by atoms with E-state index in [1.54, 1.807) is 6.20 Å². The molecule has 18 heavy (non-hydrogen) atoms. The molecule has 0 atom stereocenters. The summed E-state index contributed by atoms with van der Waals surface area (Å²) in [5.74, 6) is 0. The molecule has 0 aliphatic heterocycles. The number of H-pyrrole nitrogens is 1. The quantitative estimate of drug-likeness (QED) is 0.854. The van der Waals surface area contributed by atoms with Crippen LogP contribution in [0.5, 0.6) is 0 Å². The lowest BCUT2D eigenvalue weighted by molar-refractivity contribution is 0.281. The van der Waals surface area contributed by atoms with Crippen LogP contribution < -0.4 is 0 Å². The van der Waals surface area contributed by atoms with Gasteiger partial charge in [-0.25, -0.2) is 0 Å². The van der Waals surface area contributed by atoms with Gasteiger partial charge in [0.25, 0.3) is 0 Å². The predicted molar refractivity (Wildman–Crippen MR) is 69.9 cm³/mol. The van der Waals surface area contributed by atoms with E-state index in [-0.39, 0.29) is 6.61 Å². The molecule has 0 radical (unpaired) electrons. The van der Waals surface area contributed by atoms with Crippen LogP contribution in [0.25, 0.3) is 11.4 Å². The molecule has 0 bridgehead atoms. The third-order valence-corrected chi connectivity index (χ3v) is 2.85. The maximum atomic E-state index is 9.42. The lowest BCUT2D eigenvalue weighted by Gasteiger charge is -2.13. The number of aromatic nitrogens is 3. The van der Waals surface area contributed by atoms with Gasteiger partial charge in [-0.05, 0) is 32.6 Å². The van der Waals surface area contributed by atoms with Gasteiger partial charge in [-0.15, -0.1) is 0 Å². The summed E-state index contributed by atoms with van der Waals surface area (Å²) >= 11 is 0. The summed E-state index contributed by atoms with van der Waals surface area (Å²) in [5, 5.41) is 16.5. The van der Waals surface area contributed by atoms with Crippen molar-refractivity contribution in [1.29, 1.82) is 0 Å². The highest BCUT2D eigenvalue weighted by molar-refractivity contribution is 5.63. The number of aliphatic hydroxyl groups is 1. The van der Waals surface area contributed by atoms with E-state index in [0.717, 1.165) is 34.8 Å². The summed E-state index contributed by atoms with van der Waals surface area (Å²) < 4.78 is 0. The van der Waals surface area contributed by atoms with Crippen molar-refractivity contribution in [3.8, 4) is 11.4 Å². The van der Waals surface area contributed by atoms with Crippen molar-refractivity contribution in [2.75, 3.05) is 14.1 Å². The summed E-state index contributed by atoms with van der Waals surface area (Å²) in [4.78, 5) is 6.50. The highest BCUT2D eigenvalue weighted by Crippen LogP contribution is 2.25. The van der Waals surface area contributed by atoms with Crippen LogP contribution in [0.3, 0.4) is 0 Å². The van der Waals surface area contributed by atoms with E-state index >= 15 is 0 Å². The van der Waals surface area contributed by atoms with E-state index in [2.05, 4.69) is 20.1 Å². The van der Waals surface area contributed by atoms with Crippen LogP contribution in [-0.2, 0) is 13.2 Å². The van der Waals surface area contributed by atoms with Gasteiger partial charge in [0, 0.05) is 18.3 Å². The standard InChI is InChI=1S/C13H18N4O/c1-9-11(8-18)13(16-15-9)12-10(7-17(2)3)5-4-6-14-12/h4-6,18H,7-8H2,1-3H3,(H,15,16). The number of aliphatic hydroxyl groups excluding tert-OH is 1. The Balaban J connectivity index is 2.49. The zero-order chi connectivity index (χ0) is 13.1. The normalized spacial score (nSPS) is 11.2. The molecule has 0 aromatic carbocycles. The third kappa shape index (κ3) is 2.42. The maximum absolute atomic E-state index is 9.42. The van der Waals surface area contributed by atoms with Crippen LogP contribution in [-0.4, -0.2) is 39.3 Å². The second-order valence-electron chi connectivity index (χ2n) is 4.57. The SMILES string of the molecule is Cc1n[nH]c(-c2ncccc2CN(C)C)c1CO. The molecule has 5 heteroatoms. The van der Waals surface area contributed by atoms with Crippen LogP contribution >= 0.6 is 0 Å². The number of pyridine rings is 1. The van der Waals surface area contributed by atoms with Crippen LogP contribution in [0.4, 0.5) is 0 Å². The topological polar surface area (TPSA) is 65.0 Å². The molecule has 0 amide bonds. The van der Waals surface area contributed by atoms with Crippen molar-refractivity contribution >= 4 is 0 Å². The van der Waals surface area contributed by atoms with Crippen molar-refractivity contribution in [3.05, 3.63) is 35.2 Å². The molecule has 0 saturated heterocycles. The molecule has 2 N–H and O–H groups in total. The Bertz CT molecular complexity index is 534. The fourth-order valence-corrected chi connectivity index (χ4v) is 1.98. The van der Waals surface area contributed by atoms with Crippen molar-refractivity contribution < 1.29 is 5.11 Å². The zero-order valence-corrected chi connectivity index (χ0v) is 10.9. The van der Waals surface area contributed by atoms with Gasteiger partial charge in [0.1, 0.15) is 0 Å². The minimum atomic E-state index is -0.0321. The maximum Gasteiger partial charge on any atom is 0.0929 e. The van der Waals surface area contributed by atoms with Gasteiger partial charge in [0.05, 0.1) is 23.7 Å². The molecule has 5 nitrogen and oxygen atoms in total. The summed E-state index contributed by atoms with van der Waals surface area (Å²) in [7, 11) is 4.03. The average Bonchev–Trinajstić information content (AvgIpc) is 2.70. The molecule has 0 aliphatic rings. The monoisotopic (exact) mass is 246 g/mol. The Morgan fingerprint density at radius 3 is 2.83 bits per heavy atom. The Hall–Kier alpha value is -1.72. The van der Waals surface area contributed by atoms with Crippen LogP contribution in [0.1, 0.15) is 16.8 Å². The molecule has 96 valence electrons. The highest BCUT2D eigenvalue weighted by Gasteiger charge is 2.15. The summed E-state index contributed by atoms with van der Waals surface area (Å²) in [6, 6.07) is 3.96. The highest BCUT2D eigenvalue weighted by atomic mass is 16.3. The fourth-order valence-electron chi connectivity index (χ4n) is 1.98. The van der Waals surface area contributed by atoms with Crippen LogP contribution in [0, 0.1) is 6.92 Å². The number of nitrogens with zero attached hydrogens (tertiary/aromatic N) is 3. The Labute approximate surface area is 106 Å². The largest absolute Gasteiger partial charge is 0.392 e. The van der Waals surface area contributed by atoms with E-state index < -0.39 is 0 Å². The van der Waals surface area contributed by atoms with E-state index in [1.165, 1.54) is 0 Å². The van der Waals surface area contributed by atoms with E-state index in [9.17, 15) is 5.11 Å². The predicted octanol–water partition coefficient (Wildman–Crippen LogP) is 1.33. The number of aryl methyl sites for hydroxylation is 1. The molecule has 2 aromatic rings. The van der Waals surface area contributed by atoms with Crippen LogP contribution in [0.2, 0.25) is 0 Å². The molecule has 2 rings (SSSR count). The summed E-state index contributed by atoms with van der Waals surface area (Å²) in [5.41, 5.74) is 4.41. The van der Waals surface area contributed by atoms with Gasteiger partial charge < -0.3 is 10.0 Å². The molecule has 0 aliphatic carbocycles.